The number of benzene rings is 1. The Bertz CT molecular complexity index is 357. The predicted molar refractivity (Wildman–Crippen MR) is 64.1 cm³/mol. The molecule has 0 aliphatic rings. The molecule has 0 aromatic heterocycles. The minimum Gasteiger partial charge on any atom is -0.294 e. The van der Waals surface area contributed by atoms with Crippen molar-refractivity contribution in [3.8, 4) is 0 Å². The molecule has 0 spiro atoms. The number of Topliss-reactive ketones (excluding diaryl/α,β-unsaturated/α-hetero) is 1. The van der Waals surface area contributed by atoms with Crippen molar-refractivity contribution in [3.63, 3.8) is 0 Å². The first-order valence-corrected chi connectivity index (χ1v) is 5.28. The van der Waals surface area contributed by atoms with Crippen molar-refractivity contribution in [1.82, 2.24) is 0 Å². The van der Waals surface area contributed by atoms with Gasteiger partial charge >= 0.3 is 0 Å². The summed E-state index contributed by atoms with van der Waals surface area (Å²) in [6.45, 7) is 9.72. The molecule has 0 saturated carbocycles. The molecule has 1 rings (SSSR count). The van der Waals surface area contributed by atoms with Crippen molar-refractivity contribution in [3.05, 3.63) is 47.5 Å². The average molecular weight is 202 g/mol. The standard InChI is InChI=1S/C14H18O/c1-10(2)13-7-5-12(6-8-13)9-14(15)11(3)4/h5-8,10H,3,9H2,1-2,4H3. The molecule has 1 aromatic carbocycles. The molecule has 0 unspecified atom stereocenters. The molecule has 0 fully saturated rings. The lowest BCUT2D eigenvalue weighted by molar-refractivity contribution is -0.114. The fraction of sp³-hybridized carbons (Fsp3) is 0.357. The van der Waals surface area contributed by atoms with Crippen LogP contribution in [0.5, 0.6) is 0 Å². The number of rotatable bonds is 4. The summed E-state index contributed by atoms with van der Waals surface area (Å²) in [7, 11) is 0. The molecule has 0 radical (unpaired) electrons. The molecule has 0 bridgehead atoms. The smallest absolute Gasteiger partial charge is 0.162 e. The summed E-state index contributed by atoms with van der Waals surface area (Å²) in [6.07, 6.45) is 0.466. The van der Waals surface area contributed by atoms with Gasteiger partial charge < -0.3 is 0 Å². The first kappa shape index (κ1) is 11.7. The number of hydrogen-bond acceptors (Lipinski definition) is 1. The molecule has 1 aromatic rings. The Labute approximate surface area is 91.8 Å². The first-order chi connectivity index (χ1) is 7.00. The molecule has 0 N–H and O–H groups in total. The largest absolute Gasteiger partial charge is 0.294 e. The van der Waals surface area contributed by atoms with Gasteiger partial charge in [-0.25, -0.2) is 0 Å². The van der Waals surface area contributed by atoms with Crippen molar-refractivity contribution >= 4 is 5.78 Å². The van der Waals surface area contributed by atoms with E-state index in [2.05, 4.69) is 32.6 Å². The van der Waals surface area contributed by atoms with Gasteiger partial charge in [0.2, 0.25) is 0 Å². The van der Waals surface area contributed by atoms with Crippen molar-refractivity contribution in [2.24, 2.45) is 0 Å². The predicted octanol–water partition coefficient (Wildman–Crippen LogP) is 3.50. The maximum Gasteiger partial charge on any atom is 0.162 e. The van der Waals surface area contributed by atoms with Gasteiger partial charge in [-0.05, 0) is 29.5 Å². The van der Waals surface area contributed by atoms with E-state index in [4.69, 9.17) is 0 Å². The van der Waals surface area contributed by atoms with Gasteiger partial charge in [0.05, 0.1) is 0 Å². The Hall–Kier alpha value is -1.37. The highest BCUT2D eigenvalue weighted by molar-refractivity contribution is 5.95. The molecule has 0 atom stereocenters. The normalized spacial score (nSPS) is 10.4. The molecule has 15 heavy (non-hydrogen) atoms. The summed E-state index contributed by atoms with van der Waals surface area (Å²) >= 11 is 0. The van der Waals surface area contributed by atoms with E-state index >= 15 is 0 Å². The van der Waals surface area contributed by atoms with Gasteiger partial charge in [0, 0.05) is 6.42 Å². The van der Waals surface area contributed by atoms with Gasteiger partial charge in [0.25, 0.3) is 0 Å². The molecule has 1 nitrogen and oxygen atoms in total. The highest BCUT2D eigenvalue weighted by Crippen LogP contribution is 2.15. The molecule has 80 valence electrons. The van der Waals surface area contributed by atoms with Crippen LogP contribution < -0.4 is 0 Å². The molecule has 1 heteroatoms. The van der Waals surface area contributed by atoms with Gasteiger partial charge in [-0.2, -0.15) is 0 Å². The van der Waals surface area contributed by atoms with Crippen LogP contribution in [-0.4, -0.2) is 5.78 Å². The second-order valence-corrected chi connectivity index (χ2v) is 4.28. The van der Waals surface area contributed by atoms with Gasteiger partial charge in [-0.1, -0.05) is 44.7 Å². The zero-order valence-corrected chi connectivity index (χ0v) is 9.71. The van der Waals surface area contributed by atoms with Gasteiger partial charge in [0.15, 0.2) is 5.78 Å². The summed E-state index contributed by atoms with van der Waals surface area (Å²) < 4.78 is 0. The van der Waals surface area contributed by atoms with E-state index in [0.717, 1.165) is 5.56 Å². The third-order valence-electron chi connectivity index (χ3n) is 2.49. The van der Waals surface area contributed by atoms with Crippen LogP contribution in [0.4, 0.5) is 0 Å². The topological polar surface area (TPSA) is 17.1 Å². The molecule has 0 amide bonds. The van der Waals surface area contributed by atoms with E-state index in [1.807, 2.05) is 12.1 Å². The fourth-order valence-corrected chi connectivity index (χ4v) is 1.36. The van der Waals surface area contributed by atoms with Crippen LogP contribution in [0.15, 0.2) is 36.4 Å². The molecule has 0 saturated heterocycles. The van der Waals surface area contributed by atoms with Crippen molar-refractivity contribution in [2.75, 3.05) is 0 Å². The lowest BCUT2D eigenvalue weighted by Gasteiger charge is -2.06. The summed E-state index contributed by atoms with van der Waals surface area (Å²) in [6, 6.07) is 8.23. The van der Waals surface area contributed by atoms with Crippen LogP contribution in [0.25, 0.3) is 0 Å². The number of carbonyl (C=O) groups excluding carboxylic acids is 1. The second kappa shape index (κ2) is 4.92. The molecular formula is C14H18O. The summed E-state index contributed by atoms with van der Waals surface area (Å²) in [4.78, 5) is 11.4. The number of carbonyl (C=O) groups is 1. The van der Waals surface area contributed by atoms with E-state index in [1.54, 1.807) is 6.92 Å². The molecule has 0 aliphatic carbocycles. The fourth-order valence-electron chi connectivity index (χ4n) is 1.36. The Morgan fingerprint density at radius 2 is 1.80 bits per heavy atom. The zero-order chi connectivity index (χ0) is 11.4. The van der Waals surface area contributed by atoms with E-state index in [9.17, 15) is 4.79 Å². The van der Waals surface area contributed by atoms with E-state index < -0.39 is 0 Å². The SMILES string of the molecule is C=C(C)C(=O)Cc1ccc(C(C)C)cc1. The number of ketones is 1. The zero-order valence-electron chi connectivity index (χ0n) is 9.71. The maximum absolute atomic E-state index is 11.4. The number of hydrogen-bond donors (Lipinski definition) is 0. The average Bonchev–Trinajstić information content (AvgIpc) is 2.18. The molecule has 0 aliphatic heterocycles. The molecular weight excluding hydrogens is 184 g/mol. The molecule has 0 heterocycles. The highest BCUT2D eigenvalue weighted by Gasteiger charge is 2.04. The Kier molecular flexibility index (Phi) is 3.84. The highest BCUT2D eigenvalue weighted by atomic mass is 16.1. The summed E-state index contributed by atoms with van der Waals surface area (Å²) in [5, 5.41) is 0. The first-order valence-electron chi connectivity index (χ1n) is 5.28. The Morgan fingerprint density at radius 3 is 2.20 bits per heavy atom. The Balaban J connectivity index is 2.73. The van der Waals surface area contributed by atoms with Gasteiger partial charge in [-0.15, -0.1) is 0 Å². The van der Waals surface area contributed by atoms with Crippen LogP contribution in [0, 0.1) is 0 Å². The minimum atomic E-state index is 0.118. The van der Waals surface area contributed by atoms with E-state index in [-0.39, 0.29) is 5.78 Å². The maximum atomic E-state index is 11.4. The van der Waals surface area contributed by atoms with E-state index in [1.165, 1.54) is 5.56 Å². The van der Waals surface area contributed by atoms with Gasteiger partial charge in [-0.3, -0.25) is 4.79 Å². The summed E-state index contributed by atoms with van der Waals surface area (Å²) in [5.41, 5.74) is 3.00. The second-order valence-electron chi connectivity index (χ2n) is 4.28. The van der Waals surface area contributed by atoms with Gasteiger partial charge in [0.1, 0.15) is 0 Å². The Morgan fingerprint density at radius 1 is 1.27 bits per heavy atom. The van der Waals surface area contributed by atoms with E-state index in [0.29, 0.717) is 17.9 Å². The lowest BCUT2D eigenvalue weighted by Crippen LogP contribution is -2.03. The van der Waals surface area contributed by atoms with Crippen molar-refractivity contribution in [1.29, 1.82) is 0 Å². The summed E-state index contributed by atoms with van der Waals surface area (Å²) in [5.74, 6) is 0.656. The minimum absolute atomic E-state index is 0.118. The lowest BCUT2D eigenvalue weighted by atomic mass is 9.99. The third kappa shape index (κ3) is 3.35. The quantitative estimate of drug-likeness (QED) is 0.683. The number of allylic oxidation sites excluding steroid dienone is 1. The van der Waals surface area contributed by atoms with Crippen molar-refractivity contribution < 1.29 is 4.79 Å². The third-order valence-corrected chi connectivity index (χ3v) is 2.49. The van der Waals surface area contributed by atoms with Crippen LogP contribution in [0.3, 0.4) is 0 Å². The van der Waals surface area contributed by atoms with Crippen LogP contribution in [0.2, 0.25) is 0 Å². The monoisotopic (exact) mass is 202 g/mol. The van der Waals surface area contributed by atoms with Crippen LogP contribution in [0.1, 0.15) is 37.8 Å². The van der Waals surface area contributed by atoms with Crippen LogP contribution in [-0.2, 0) is 11.2 Å². The van der Waals surface area contributed by atoms with Crippen molar-refractivity contribution in [2.45, 2.75) is 33.1 Å². The van der Waals surface area contributed by atoms with Crippen LogP contribution >= 0.6 is 0 Å².